The SMILES string of the molecule is CCCCCCCCCC(CCCCCCCC(=O)OCC(C)(C)COC(=O)CCCCCCCC(CCCCCCCCC)c1cccc(O)c1)c1cccc(O)c1. The molecule has 0 aliphatic carbocycles. The average Bonchev–Trinajstić information content (AvgIpc) is 3.22. The van der Waals surface area contributed by atoms with Crippen LogP contribution in [-0.2, 0) is 19.1 Å². The van der Waals surface area contributed by atoms with E-state index in [2.05, 4.69) is 26.0 Å². The molecule has 0 fully saturated rings. The first-order valence-electron chi connectivity index (χ1n) is 24.5. The predicted molar refractivity (Wildman–Crippen MR) is 247 cm³/mol. The van der Waals surface area contributed by atoms with Crippen molar-refractivity contribution in [2.24, 2.45) is 5.41 Å². The highest BCUT2D eigenvalue weighted by atomic mass is 16.5. The number of ether oxygens (including phenoxy) is 2. The second-order valence-electron chi connectivity index (χ2n) is 18.5. The zero-order valence-electron chi connectivity index (χ0n) is 38.4. The van der Waals surface area contributed by atoms with Gasteiger partial charge in [-0.1, -0.05) is 193 Å². The number of esters is 2. The molecule has 0 amide bonds. The van der Waals surface area contributed by atoms with Gasteiger partial charge in [-0.05, 0) is 85.8 Å². The summed E-state index contributed by atoms with van der Waals surface area (Å²) in [6.45, 7) is 8.97. The topological polar surface area (TPSA) is 93.1 Å². The number of phenols is 2. The minimum atomic E-state index is -0.423. The lowest BCUT2D eigenvalue weighted by atomic mass is 9.88. The third-order valence-electron chi connectivity index (χ3n) is 12.1. The van der Waals surface area contributed by atoms with Crippen molar-refractivity contribution in [2.75, 3.05) is 13.2 Å². The molecular formula is C53H88O6. The molecule has 0 bridgehead atoms. The molecule has 0 aliphatic heterocycles. The van der Waals surface area contributed by atoms with Gasteiger partial charge in [-0.3, -0.25) is 9.59 Å². The molecule has 336 valence electrons. The van der Waals surface area contributed by atoms with E-state index in [-0.39, 0.29) is 25.2 Å². The van der Waals surface area contributed by atoms with Crippen LogP contribution >= 0.6 is 0 Å². The molecule has 2 aromatic rings. The summed E-state index contributed by atoms with van der Waals surface area (Å²) in [5, 5.41) is 20.1. The zero-order valence-corrected chi connectivity index (χ0v) is 38.4. The number of aromatic hydroxyl groups is 2. The normalized spacial score (nSPS) is 12.7. The van der Waals surface area contributed by atoms with Gasteiger partial charge in [0.15, 0.2) is 0 Å². The maximum atomic E-state index is 12.5. The van der Waals surface area contributed by atoms with Gasteiger partial charge in [0.05, 0.1) is 13.2 Å². The lowest BCUT2D eigenvalue weighted by molar-refractivity contribution is -0.152. The van der Waals surface area contributed by atoms with Gasteiger partial charge in [0.1, 0.15) is 11.5 Å². The van der Waals surface area contributed by atoms with Crippen molar-refractivity contribution < 1.29 is 29.3 Å². The van der Waals surface area contributed by atoms with E-state index in [4.69, 9.17) is 9.47 Å². The average molecular weight is 821 g/mol. The number of rotatable bonds is 38. The number of hydrogen-bond donors (Lipinski definition) is 2. The fourth-order valence-electron chi connectivity index (χ4n) is 8.33. The standard InChI is InChI=1S/C53H88O6/c1-5-7-9-11-13-17-23-31-45(47-35-29-37-49(54)41-47)33-25-19-15-21-27-39-51(56)58-43-53(3,4)44-59-52(57)40-28-22-16-20-26-34-46(48-36-30-38-50(55)42-48)32-24-18-14-12-10-8-6-2/h29-30,35-38,41-42,45-46,54-55H,5-28,31-34,39-40,43-44H2,1-4H3. The van der Waals surface area contributed by atoms with Crippen LogP contribution in [0, 0.1) is 5.41 Å². The Kier molecular flexibility index (Phi) is 29.7. The predicted octanol–water partition coefficient (Wildman–Crippen LogP) is 15.8. The second kappa shape index (κ2) is 33.7. The highest BCUT2D eigenvalue weighted by Gasteiger charge is 2.23. The summed E-state index contributed by atoms with van der Waals surface area (Å²) in [5.74, 6) is 1.37. The van der Waals surface area contributed by atoms with Crippen molar-refractivity contribution in [1.82, 2.24) is 0 Å². The van der Waals surface area contributed by atoms with E-state index in [9.17, 15) is 19.8 Å². The molecule has 0 spiro atoms. The van der Waals surface area contributed by atoms with Crippen molar-refractivity contribution in [3.63, 3.8) is 0 Å². The van der Waals surface area contributed by atoms with Gasteiger partial charge in [-0.15, -0.1) is 0 Å². The Labute approximate surface area is 362 Å². The van der Waals surface area contributed by atoms with E-state index < -0.39 is 5.41 Å². The van der Waals surface area contributed by atoms with Crippen LogP contribution in [0.3, 0.4) is 0 Å². The fraction of sp³-hybridized carbons (Fsp3) is 0.736. The van der Waals surface area contributed by atoms with E-state index in [1.807, 2.05) is 38.1 Å². The van der Waals surface area contributed by atoms with E-state index in [0.717, 1.165) is 77.0 Å². The van der Waals surface area contributed by atoms with Gasteiger partial charge in [0.25, 0.3) is 0 Å². The molecule has 0 aliphatic rings. The van der Waals surface area contributed by atoms with E-state index >= 15 is 0 Å². The highest BCUT2D eigenvalue weighted by Crippen LogP contribution is 2.32. The summed E-state index contributed by atoms with van der Waals surface area (Å²) in [4.78, 5) is 25.0. The maximum Gasteiger partial charge on any atom is 0.305 e. The summed E-state index contributed by atoms with van der Waals surface area (Å²) >= 11 is 0. The molecule has 0 radical (unpaired) electrons. The van der Waals surface area contributed by atoms with Crippen LogP contribution in [0.1, 0.15) is 243 Å². The van der Waals surface area contributed by atoms with Crippen LogP contribution in [0.4, 0.5) is 0 Å². The molecule has 2 atom stereocenters. The Hall–Kier alpha value is -3.02. The van der Waals surface area contributed by atoms with Crippen LogP contribution in [-0.4, -0.2) is 35.4 Å². The molecule has 0 heterocycles. The van der Waals surface area contributed by atoms with Gasteiger partial charge in [-0.2, -0.15) is 0 Å². The number of carbonyl (C=O) groups is 2. The summed E-state index contributed by atoms with van der Waals surface area (Å²) in [7, 11) is 0. The van der Waals surface area contributed by atoms with Gasteiger partial charge in [0, 0.05) is 18.3 Å². The van der Waals surface area contributed by atoms with Gasteiger partial charge < -0.3 is 19.7 Å². The number of carbonyl (C=O) groups excluding carboxylic acids is 2. The van der Waals surface area contributed by atoms with E-state index in [0.29, 0.717) is 36.2 Å². The minimum absolute atomic E-state index is 0.172. The highest BCUT2D eigenvalue weighted by molar-refractivity contribution is 5.69. The number of hydrogen-bond acceptors (Lipinski definition) is 6. The molecule has 2 N–H and O–H groups in total. The first-order valence-corrected chi connectivity index (χ1v) is 24.5. The molecule has 2 aromatic carbocycles. The van der Waals surface area contributed by atoms with E-state index in [1.54, 1.807) is 12.1 Å². The molecule has 0 saturated heterocycles. The summed E-state index contributed by atoms with van der Waals surface area (Å²) in [6.07, 6.45) is 34.5. The molecule has 6 heteroatoms. The number of phenolic OH excluding ortho intramolecular Hbond substituents is 2. The first kappa shape index (κ1) is 52.1. The van der Waals surface area contributed by atoms with Gasteiger partial charge in [0.2, 0.25) is 0 Å². The molecule has 0 saturated carbocycles. The molecule has 2 rings (SSSR count). The van der Waals surface area contributed by atoms with Crippen LogP contribution in [0.2, 0.25) is 0 Å². The van der Waals surface area contributed by atoms with Crippen molar-refractivity contribution in [3.8, 4) is 11.5 Å². The summed E-state index contributed by atoms with van der Waals surface area (Å²) in [5.41, 5.74) is 2.10. The zero-order chi connectivity index (χ0) is 42.8. The summed E-state index contributed by atoms with van der Waals surface area (Å²) in [6, 6.07) is 15.7. The maximum absolute atomic E-state index is 12.5. The monoisotopic (exact) mass is 821 g/mol. The van der Waals surface area contributed by atoms with E-state index in [1.165, 1.54) is 114 Å². The molecule has 59 heavy (non-hydrogen) atoms. The largest absolute Gasteiger partial charge is 0.508 e. The van der Waals surface area contributed by atoms with Crippen LogP contribution in [0.5, 0.6) is 11.5 Å². The lowest BCUT2D eigenvalue weighted by Crippen LogP contribution is -2.28. The summed E-state index contributed by atoms with van der Waals surface area (Å²) < 4.78 is 11.2. The Balaban J connectivity index is 1.53. The lowest BCUT2D eigenvalue weighted by Gasteiger charge is -2.23. The Morgan fingerprint density at radius 1 is 0.475 bits per heavy atom. The molecule has 6 nitrogen and oxygen atoms in total. The first-order chi connectivity index (χ1) is 28.6. The molecular weight excluding hydrogens is 733 g/mol. The van der Waals surface area contributed by atoms with Crippen molar-refractivity contribution >= 4 is 11.9 Å². The number of unbranched alkanes of at least 4 members (excludes halogenated alkanes) is 20. The Bertz CT molecular complexity index is 1240. The molecule has 2 unspecified atom stereocenters. The quantitative estimate of drug-likeness (QED) is 0.0518. The smallest absolute Gasteiger partial charge is 0.305 e. The van der Waals surface area contributed by atoms with Crippen molar-refractivity contribution in [1.29, 1.82) is 0 Å². The Morgan fingerprint density at radius 3 is 1.10 bits per heavy atom. The second-order valence-corrected chi connectivity index (χ2v) is 18.5. The third-order valence-corrected chi connectivity index (χ3v) is 12.1. The third kappa shape index (κ3) is 27.4. The van der Waals surface area contributed by atoms with Crippen LogP contribution < -0.4 is 0 Å². The van der Waals surface area contributed by atoms with Crippen LogP contribution in [0.25, 0.3) is 0 Å². The minimum Gasteiger partial charge on any atom is -0.508 e. The van der Waals surface area contributed by atoms with Gasteiger partial charge in [-0.25, -0.2) is 0 Å². The number of benzene rings is 2. The van der Waals surface area contributed by atoms with Crippen LogP contribution in [0.15, 0.2) is 48.5 Å². The molecule has 0 aromatic heterocycles. The van der Waals surface area contributed by atoms with Gasteiger partial charge >= 0.3 is 11.9 Å². The Morgan fingerprint density at radius 2 is 0.780 bits per heavy atom. The van der Waals surface area contributed by atoms with Crippen molar-refractivity contribution in [2.45, 2.75) is 232 Å². The van der Waals surface area contributed by atoms with Crippen molar-refractivity contribution in [3.05, 3.63) is 59.7 Å². The fourth-order valence-corrected chi connectivity index (χ4v) is 8.33.